The first-order valence-electron chi connectivity index (χ1n) is 8.74. The molecule has 0 spiro atoms. The highest BCUT2D eigenvalue weighted by Gasteiger charge is 2.51. The fourth-order valence-corrected chi connectivity index (χ4v) is 6.60. The molecule has 162 valence electrons. The number of amides is 1. The Morgan fingerprint density at radius 1 is 1.34 bits per heavy atom. The third-order valence-electron chi connectivity index (χ3n) is 4.37. The van der Waals surface area contributed by atoms with E-state index in [0.717, 1.165) is 11.3 Å². The van der Waals surface area contributed by atoms with Crippen molar-refractivity contribution >= 4 is 66.4 Å². The number of thiophene rings is 1. The molecule has 1 aliphatic rings. The summed E-state index contributed by atoms with van der Waals surface area (Å²) in [6, 6.07) is 1.51. The number of sulfone groups is 1. The smallest absolute Gasteiger partial charge is 0.413 e. The van der Waals surface area contributed by atoms with Crippen LogP contribution in [-0.4, -0.2) is 47.6 Å². The Bertz CT molecular complexity index is 979. The van der Waals surface area contributed by atoms with Gasteiger partial charge in [0.1, 0.15) is 21.7 Å². The van der Waals surface area contributed by atoms with E-state index in [0.29, 0.717) is 9.75 Å². The Kier molecular flexibility index (Phi) is 6.65. The van der Waals surface area contributed by atoms with E-state index in [1.807, 2.05) is 0 Å². The van der Waals surface area contributed by atoms with Gasteiger partial charge < -0.3 is 4.74 Å². The van der Waals surface area contributed by atoms with E-state index in [4.69, 9.17) is 16.3 Å². The molecule has 0 saturated carbocycles. The van der Waals surface area contributed by atoms with Crippen LogP contribution >= 0.6 is 38.9 Å². The zero-order valence-electron chi connectivity index (χ0n) is 17.1. The fraction of sp³-hybridized carbons (Fsp3) is 0.611. The van der Waals surface area contributed by atoms with Gasteiger partial charge in [-0.25, -0.2) is 13.2 Å². The summed E-state index contributed by atoms with van der Waals surface area (Å²) < 4.78 is 30.0. The number of aliphatic imine (C=N–C) groups is 1. The number of carbonyl (C=O) groups excluding carboxylic acids is 2. The number of halogens is 2. The number of rotatable bonds is 3. The minimum atomic E-state index is -3.74. The molecule has 1 aromatic rings. The van der Waals surface area contributed by atoms with Crippen molar-refractivity contribution in [3.8, 4) is 0 Å². The molecule has 0 fully saturated rings. The molecular weight excluding hydrogens is 504 g/mol. The molecule has 7 nitrogen and oxygen atoms in total. The molecule has 0 saturated heterocycles. The maximum absolute atomic E-state index is 13.1. The Morgan fingerprint density at radius 3 is 2.45 bits per heavy atom. The predicted molar refractivity (Wildman–Crippen MR) is 119 cm³/mol. The SMILES string of the molecule is CC(C)(C)OC(=O)NC1=N[C@](C)(c2sc(C(=O)CBr)cc2Cl)CS(=O)(=O)C1(C)C. The van der Waals surface area contributed by atoms with Crippen molar-refractivity contribution in [1.82, 2.24) is 5.32 Å². The molecular formula is C18H24BrClN2O5S2. The van der Waals surface area contributed by atoms with Crippen LogP contribution in [0.5, 0.6) is 0 Å². The molecule has 1 aromatic heterocycles. The molecule has 0 unspecified atom stereocenters. The molecule has 1 aliphatic heterocycles. The molecule has 1 amide bonds. The summed E-state index contributed by atoms with van der Waals surface area (Å²) in [5, 5.41) is 2.89. The number of carbonyl (C=O) groups is 2. The van der Waals surface area contributed by atoms with Gasteiger partial charge in [-0.05, 0) is 47.6 Å². The third kappa shape index (κ3) is 5.03. The number of alkyl halides is 1. The highest BCUT2D eigenvalue weighted by atomic mass is 79.9. The molecule has 29 heavy (non-hydrogen) atoms. The molecule has 0 radical (unpaired) electrons. The van der Waals surface area contributed by atoms with E-state index in [2.05, 4.69) is 26.2 Å². The minimum Gasteiger partial charge on any atom is -0.444 e. The maximum atomic E-state index is 13.1. The Labute approximate surface area is 188 Å². The number of hydrogen-bond donors (Lipinski definition) is 1. The van der Waals surface area contributed by atoms with Crippen LogP contribution in [-0.2, 0) is 20.1 Å². The van der Waals surface area contributed by atoms with E-state index >= 15 is 0 Å². The monoisotopic (exact) mass is 526 g/mol. The number of ether oxygens (including phenoxy) is 1. The molecule has 2 rings (SSSR count). The zero-order valence-corrected chi connectivity index (χ0v) is 21.0. The third-order valence-corrected chi connectivity index (χ3v) is 9.41. The first-order valence-corrected chi connectivity index (χ1v) is 12.7. The fourth-order valence-electron chi connectivity index (χ4n) is 2.75. The van der Waals surface area contributed by atoms with Gasteiger partial charge in [0.15, 0.2) is 15.6 Å². The van der Waals surface area contributed by atoms with E-state index < -0.39 is 31.8 Å². The lowest BCUT2D eigenvalue weighted by Gasteiger charge is -2.38. The van der Waals surface area contributed by atoms with Crippen molar-refractivity contribution in [1.29, 1.82) is 0 Å². The van der Waals surface area contributed by atoms with Crippen molar-refractivity contribution in [3.63, 3.8) is 0 Å². The first-order chi connectivity index (χ1) is 13.0. The highest BCUT2D eigenvalue weighted by molar-refractivity contribution is 9.09. The number of amidine groups is 1. The average molecular weight is 528 g/mol. The van der Waals surface area contributed by atoms with E-state index in [9.17, 15) is 18.0 Å². The highest BCUT2D eigenvalue weighted by Crippen LogP contribution is 2.43. The second-order valence-corrected chi connectivity index (χ2v) is 13.0. The minimum absolute atomic E-state index is 0.0293. The first kappa shape index (κ1) is 24.3. The van der Waals surface area contributed by atoms with Crippen LogP contribution in [0.1, 0.15) is 56.1 Å². The van der Waals surface area contributed by atoms with Crippen LogP contribution in [0.25, 0.3) is 0 Å². The number of hydrogen-bond acceptors (Lipinski definition) is 7. The maximum Gasteiger partial charge on any atom is 0.413 e. The van der Waals surface area contributed by atoms with Crippen molar-refractivity contribution in [3.05, 3.63) is 20.8 Å². The largest absolute Gasteiger partial charge is 0.444 e. The number of nitrogens with one attached hydrogen (secondary N) is 1. The van der Waals surface area contributed by atoms with Gasteiger partial charge >= 0.3 is 6.09 Å². The summed E-state index contributed by atoms with van der Waals surface area (Å²) in [6.45, 7) is 9.69. The van der Waals surface area contributed by atoms with Crippen molar-refractivity contribution < 1.29 is 22.7 Å². The van der Waals surface area contributed by atoms with Gasteiger partial charge in [-0.15, -0.1) is 11.3 Å². The van der Waals surface area contributed by atoms with Gasteiger partial charge in [0.05, 0.1) is 25.9 Å². The normalized spacial score (nSPS) is 23.2. The number of ketones is 1. The van der Waals surface area contributed by atoms with Crippen LogP contribution < -0.4 is 5.32 Å². The van der Waals surface area contributed by atoms with Gasteiger partial charge in [0, 0.05) is 0 Å². The zero-order chi connectivity index (χ0) is 22.4. The topological polar surface area (TPSA) is 102 Å². The summed E-state index contributed by atoms with van der Waals surface area (Å²) in [4.78, 5) is 29.8. The van der Waals surface area contributed by atoms with Gasteiger partial charge in [-0.2, -0.15) is 0 Å². The van der Waals surface area contributed by atoms with Crippen molar-refractivity contribution in [2.75, 3.05) is 11.1 Å². The summed E-state index contributed by atoms with van der Waals surface area (Å²) >= 11 is 10.6. The summed E-state index contributed by atoms with van der Waals surface area (Å²) in [5.41, 5.74) is -2.01. The Balaban J connectivity index is 2.56. The van der Waals surface area contributed by atoms with Crippen LogP contribution in [0, 0.1) is 0 Å². The standard InChI is InChI=1S/C18H24BrClN2O5S2/c1-16(2,3)27-15(24)21-14-17(4,5)29(25,26)9-18(6,22-14)13-10(20)7-12(28-13)11(23)8-19/h7H,8-9H2,1-6H3,(H,21,22,24)/t18-/m0/s1. The lowest BCUT2D eigenvalue weighted by Crippen LogP contribution is -2.57. The lowest BCUT2D eigenvalue weighted by atomic mass is 10.0. The van der Waals surface area contributed by atoms with Crippen LogP contribution in [0.2, 0.25) is 5.02 Å². The summed E-state index contributed by atoms with van der Waals surface area (Å²) in [5.74, 6) is -0.505. The molecule has 0 aliphatic carbocycles. The lowest BCUT2D eigenvalue weighted by molar-refractivity contribution is 0.0560. The molecule has 1 N–H and O–H groups in total. The van der Waals surface area contributed by atoms with Crippen LogP contribution in [0.3, 0.4) is 0 Å². The number of Topliss-reactive ketones (excluding diaryl/α,β-unsaturated/α-hetero) is 1. The molecule has 2 heterocycles. The Morgan fingerprint density at radius 2 is 1.93 bits per heavy atom. The molecule has 11 heteroatoms. The van der Waals surface area contributed by atoms with Gasteiger partial charge in [0.25, 0.3) is 0 Å². The molecule has 0 aromatic carbocycles. The van der Waals surface area contributed by atoms with E-state index in [1.54, 1.807) is 27.7 Å². The van der Waals surface area contributed by atoms with Crippen molar-refractivity contribution in [2.45, 2.75) is 57.4 Å². The predicted octanol–water partition coefficient (Wildman–Crippen LogP) is 4.32. The molecule has 0 bridgehead atoms. The van der Waals surface area contributed by atoms with Crippen LogP contribution in [0.4, 0.5) is 4.79 Å². The second kappa shape index (κ2) is 7.94. The van der Waals surface area contributed by atoms with E-state index in [1.165, 1.54) is 19.9 Å². The van der Waals surface area contributed by atoms with Gasteiger partial charge in [0.2, 0.25) is 0 Å². The second-order valence-electron chi connectivity index (χ2n) is 8.48. The number of nitrogens with zero attached hydrogens (tertiary/aromatic N) is 1. The Hall–Kier alpha value is -0.970. The molecule has 1 atom stereocenters. The summed E-state index contributed by atoms with van der Waals surface area (Å²) in [6.07, 6.45) is -0.795. The number of alkyl carbamates (subject to hydrolysis) is 1. The van der Waals surface area contributed by atoms with Gasteiger partial charge in [-0.3, -0.25) is 15.1 Å². The van der Waals surface area contributed by atoms with E-state index in [-0.39, 0.29) is 27.7 Å². The van der Waals surface area contributed by atoms with Crippen molar-refractivity contribution in [2.24, 2.45) is 4.99 Å². The van der Waals surface area contributed by atoms with Gasteiger partial charge in [-0.1, -0.05) is 27.5 Å². The quantitative estimate of drug-likeness (QED) is 0.466. The van der Waals surface area contributed by atoms with Crippen LogP contribution in [0.15, 0.2) is 11.1 Å². The average Bonchev–Trinajstić information content (AvgIpc) is 2.92. The summed E-state index contributed by atoms with van der Waals surface area (Å²) in [7, 11) is -3.74.